The average Bonchev–Trinajstić information content (AvgIpc) is 3.02. The molecule has 140 valence electrons. The number of sulfone groups is 1. The fraction of sp³-hybridized carbons (Fsp3) is 0.444. The van der Waals surface area contributed by atoms with E-state index in [1.807, 2.05) is 0 Å². The van der Waals surface area contributed by atoms with E-state index >= 15 is 0 Å². The van der Waals surface area contributed by atoms with Crippen molar-refractivity contribution >= 4 is 27.1 Å². The van der Waals surface area contributed by atoms with Gasteiger partial charge in [0.15, 0.2) is 9.84 Å². The molecular formula is C18H21FN2O3S2. The highest BCUT2D eigenvalue weighted by atomic mass is 32.2. The lowest BCUT2D eigenvalue weighted by atomic mass is 10.0. The molecule has 26 heavy (non-hydrogen) atoms. The number of rotatable bonds is 5. The van der Waals surface area contributed by atoms with Gasteiger partial charge < -0.3 is 4.90 Å². The minimum Gasteiger partial charge on any atom is -0.342 e. The van der Waals surface area contributed by atoms with Gasteiger partial charge in [-0.1, -0.05) is 6.92 Å². The molecule has 1 aliphatic rings. The van der Waals surface area contributed by atoms with Crippen LogP contribution in [0.1, 0.15) is 25.5 Å². The lowest BCUT2D eigenvalue weighted by molar-refractivity contribution is -0.130. The molecular weight excluding hydrogens is 375 g/mol. The van der Waals surface area contributed by atoms with Crippen molar-refractivity contribution in [3.63, 3.8) is 0 Å². The van der Waals surface area contributed by atoms with Crippen LogP contribution in [-0.4, -0.2) is 43.1 Å². The molecule has 1 aromatic heterocycles. The largest absolute Gasteiger partial charge is 0.342 e. The Hall–Kier alpha value is -1.80. The molecule has 8 heteroatoms. The number of hydrogen-bond acceptors (Lipinski definition) is 5. The number of hydrogen-bond donors (Lipinski definition) is 0. The number of amides is 1. The summed E-state index contributed by atoms with van der Waals surface area (Å²) < 4.78 is 37.8. The van der Waals surface area contributed by atoms with Gasteiger partial charge in [-0.25, -0.2) is 17.8 Å². The maximum absolute atomic E-state index is 13.0. The van der Waals surface area contributed by atoms with E-state index in [0.717, 1.165) is 18.4 Å². The van der Waals surface area contributed by atoms with Gasteiger partial charge in [-0.15, -0.1) is 11.3 Å². The molecule has 0 saturated carbocycles. The maximum Gasteiger partial charge on any atom is 0.237 e. The summed E-state index contributed by atoms with van der Waals surface area (Å²) in [5.74, 6) is -1.00. The molecule has 2 aromatic rings. The van der Waals surface area contributed by atoms with Crippen molar-refractivity contribution in [2.24, 2.45) is 5.92 Å². The van der Waals surface area contributed by atoms with Crippen LogP contribution in [0.25, 0.3) is 10.6 Å². The molecule has 1 amide bonds. The van der Waals surface area contributed by atoms with Crippen LogP contribution in [0, 0.1) is 11.7 Å². The predicted octanol–water partition coefficient (Wildman–Crippen LogP) is 3.12. The third-order valence-corrected chi connectivity index (χ3v) is 6.73. The molecule has 5 nitrogen and oxygen atoms in total. The lowest BCUT2D eigenvalue weighted by Gasteiger charge is -2.30. The van der Waals surface area contributed by atoms with E-state index in [9.17, 15) is 17.6 Å². The molecule has 1 aromatic carbocycles. The second-order valence-electron chi connectivity index (χ2n) is 6.77. The Morgan fingerprint density at radius 3 is 2.77 bits per heavy atom. The number of benzene rings is 1. The van der Waals surface area contributed by atoms with Crippen LogP contribution in [0.5, 0.6) is 0 Å². The van der Waals surface area contributed by atoms with Crippen molar-refractivity contribution in [2.75, 3.05) is 18.8 Å². The number of halogens is 1. The Bertz CT molecular complexity index is 878. The smallest absolute Gasteiger partial charge is 0.237 e. The summed E-state index contributed by atoms with van der Waals surface area (Å²) in [6.07, 6.45) is 1.99. The average molecular weight is 397 g/mol. The normalized spacial score (nSPS) is 18.1. The molecule has 0 bridgehead atoms. The first kappa shape index (κ1) is 19.0. The summed E-state index contributed by atoms with van der Waals surface area (Å²) in [6.45, 7) is 3.32. The molecule has 1 unspecified atom stereocenters. The fourth-order valence-corrected chi connectivity index (χ4v) is 5.26. The van der Waals surface area contributed by atoms with Crippen molar-refractivity contribution in [3.8, 4) is 10.6 Å². The highest BCUT2D eigenvalue weighted by Gasteiger charge is 2.26. The number of carbonyl (C=O) groups excluding carboxylic acids is 1. The zero-order chi connectivity index (χ0) is 18.7. The Labute approximate surface area is 156 Å². The van der Waals surface area contributed by atoms with E-state index in [0.29, 0.717) is 29.7 Å². The first-order valence-electron chi connectivity index (χ1n) is 8.51. The first-order valence-corrected chi connectivity index (χ1v) is 11.2. The van der Waals surface area contributed by atoms with Gasteiger partial charge in [0.25, 0.3) is 0 Å². The Balaban J connectivity index is 1.64. The van der Waals surface area contributed by atoms with E-state index in [4.69, 9.17) is 0 Å². The van der Waals surface area contributed by atoms with Crippen molar-refractivity contribution in [2.45, 2.75) is 25.5 Å². The highest BCUT2D eigenvalue weighted by molar-refractivity contribution is 7.91. The molecule has 1 saturated heterocycles. The second kappa shape index (κ2) is 7.84. The summed E-state index contributed by atoms with van der Waals surface area (Å²) >= 11 is 1.30. The Kier molecular flexibility index (Phi) is 5.72. The molecule has 1 atom stereocenters. The SMILES string of the molecule is CC1CCCN(C(=O)CS(=O)(=O)Cc2csc(-c3ccc(F)cc3)n2)C1. The van der Waals surface area contributed by atoms with Crippen LogP contribution in [0.3, 0.4) is 0 Å². The number of nitrogens with zero attached hydrogens (tertiary/aromatic N) is 2. The van der Waals surface area contributed by atoms with Gasteiger partial charge in [0.05, 0.1) is 11.4 Å². The third-order valence-electron chi connectivity index (χ3n) is 4.36. The standard InChI is InChI=1S/C18H21FN2O3S2/c1-13-3-2-8-21(9-13)17(22)12-26(23,24)11-16-10-25-18(20-16)14-4-6-15(19)7-5-14/h4-7,10,13H,2-3,8-9,11-12H2,1H3. The molecule has 1 fully saturated rings. The van der Waals surface area contributed by atoms with Crippen molar-refractivity contribution in [1.82, 2.24) is 9.88 Å². The number of piperidine rings is 1. The van der Waals surface area contributed by atoms with Gasteiger partial charge >= 0.3 is 0 Å². The lowest BCUT2D eigenvalue weighted by Crippen LogP contribution is -2.42. The molecule has 0 radical (unpaired) electrons. The van der Waals surface area contributed by atoms with E-state index in [-0.39, 0.29) is 17.5 Å². The number of carbonyl (C=O) groups is 1. The predicted molar refractivity (Wildman–Crippen MR) is 100.0 cm³/mol. The van der Waals surface area contributed by atoms with Gasteiger partial charge in [-0.05, 0) is 43.0 Å². The quantitative estimate of drug-likeness (QED) is 0.779. The van der Waals surface area contributed by atoms with Crippen LogP contribution in [0.4, 0.5) is 4.39 Å². The van der Waals surface area contributed by atoms with Gasteiger partial charge in [0.1, 0.15) is 16.6 Å². The van der Waals surface area contributed by atoms with Crippen LogP contribution >= 0.6 is 11.3 Å². The van der Waals surface area contributed by atoms with Crippen LogP contribution in [-0.2, 0) is 20.4 Å². The second-order valence-corrected chi connectivity index (χ2v) is 9.69. The van der Waals surface area contributed by atoms with Gasteiger partial charge in [-0.2, -0.15) is 0 Å². The summed E-state index contributed by atoms with van der Waals surface area (Å²) in [6, 6.07) is 5.89. The van der Waals surface area contributed by atoms with Gasteiger partial charge in [0.2, 0.25) is 5.91 Å². The van der Waals surface area contributed by atoms with Gasteiger partial charge in [-0.3, -0.25) is 4.79 Å². The fourth-order valence-electron chi connectivity index (χ4n) is 3.07. The van der Waals surface area contributed by atoms with Gasteiger partial charge in [0, 0.05) is 24.0 Å². The zero-order valence-electron chi connectivity index (χ0n) is 14.5. The summed E-state index contributed by atoms with van der Waals surface area (Å²) in [5, 5.41) is 2.30. The molecule has 2 heterocycles. The van der Waals surface area contributed by atoms with E-state index in [1.165, 1.54) is 23.5 Å². The number of aromatic nitrogens is 1. The Morgan fingerprint density at radius 1 is 1.35 bits per heavy atom. The number of thiazole rings is 1. The molecule has 0 N–H and O–H groups in total. The van der Waals surface area contributed by atoms with Crippen LogP contribution in [0.15, 0.2) is 29.6 Å². The van der Waals surface area contributed by atoms with Crippen LogP contribution in [0.2, 0.25) is 0 Å². The van der Waals surface area contributed by atoms with E-state index in [2.05, 4.69) is 11.9 Å². The minimum atomic E-state index is -3.58. The topological polar surface area (TPSA) is 67.3 Å². The summed E-state index contributed by atoms with van der Waals surface area (Å²) in [7, 11) is -3.58. The molecule has 3 rings (SSSR count). The van der Waals surface area contributed by atoms with E-state index < -0.39 is 15.6 Å². The summed E-state index contributed by atoms with van der Waals surface area (Å²) in [5.41, 5.74) is 1.15. The van der Waals surface area contributed by atoms with Crippen molar-refractivity contribution < 1.29 is 17.6 Å². The maximum atomic E-state index is 13.0. The number of likely N-dealkylation sites (tertiary alicyclic amines) is 1. The van der Waals surface area contributed by atoms with Crippen molar-refractivity contribution in [1.29, 1.82) is 0 Å². The molecule has 0 aliphatic carbocycles. The first-order chi connectivity index (χ1) is 12.3. The summed E-state index contributed by atoms with van der Waals surface area (Å²) in [4.78, 5) is 18.3. The zero-order valence-corrected chi connectivity index (χ0v) is 16.2. The van der Waals surface area contributed by atoms with Crippen molar-refractivity contribution in [3.05, 3.63) is 41.2 Å². The third kappa shape index (κ3) is 4.88. The monoisotopic (exact) mass is 396 g/mol. The molecule has 1 aliphatic heterocycles. The van der Waals surface area contributed by atoms with E-state index in [1.54, 1.807) is 22.4 Å². The van der Waals surface area contributed by atoms with Crippen LogP contribution < -0.4 is 0 Å². The molecule has 0 spiro atoms. The highest BCUT2D eigenvalue weighted by Crippen LogP contribution is 2.25. The Morgan fingerprint density at radius 2 is 2.08 bits per heavy atom. The minimum absolute atomic E-state index is 0.264.